The van der Waals surface area contributed by atoms with Crippen molar-refractivity contribution in [3.63, 3.8) is 0 Å². The number of amides is 2. The van der Waals surface area contributed by atoms with Gasteiger partial charge in [0, 0.05) is 12.6 Å². The van der Waals surface area contributed by atoms with Crippen molar-refractivity contribution in [3.05, 3.63) is 58.7 Å². The van der Waals surface area contributed by atoms with Crippen LogP contribution in [-0.2, 0) is 16.1 Å². The number of carbonyl (C=O) groups is 2. The van der Waals surface area contributed by atoms with Crippen LogP contribution in [0.2, 0.25) is 0 Å². The van der Waals surface area contributed by atoms with E-state index in [0.29, 0.717) is 11.5 Å². The van der Waals surface area contributed by atoms with Gasteiger partial charge in [-0.3, -0.25) is 9.59 Å². The summed E-state index contributed by atoms with van der Waals surface area (Å²) in [6, 6.07) is 10.9. The number of methoxy groups -OCH3 is 1. The highest BCUT2D eigenvalue weighted by molar-refractivity contribution is 5.88. The van der Waals surface area contributed by atoms with Crippen molar-refractivity contribution in [1.82, 2.24) is 10.2 Å². The Morgan fingerprint density at radius 2 is 1.81 bits per heavy atom. The predicted molar refractivity (Wildman–Crippen MR) is 127 cm³/mol. The fourth-order valence-corrected chi connectivity index (χ4v) is 3.39. The number of hydrogen-bond donors (Lipinski definition) is 1. The minimum absolute atomic E-state index is 0.0351. The lowest BCUT2D eigenvalue weighted by atomic mass is 10.1. The van der Waals surface area contributed by atoms with Gasteiger partial charge in [0.05, 0.1) is 7.11 Å². The Kier molecular flexibility index (Phi) is 9.12. The normalized spacial score (nSPS) is 12.6. The highest BCUT2D eigenvalue weighted by atomic mass is 16.5. The van der Waals surface area contributed by atoms with Crippen LogP contribution < -0.4 is 14.8 Å². The van der Waals surface area contributed by atoms with E-state index in [1.807, 2.05) is 65.0 Å². The second-order valence-corrected chi connectivity index (χ2v) is 8.36. The summed E-state index contributed by atoms with van der Waals surface area (Å²) in [7, 11) is 1.60. The molecule has 32 heavy (non-hydrogen) atoms. The molecule has 2 amide bonds. The number of rotatable bonds is 10. The maximum atomic E-state index is 13.2. The summed E-state index contributed by atoms with van der Waals surface area (Å²) in [5.74, 6) is 0.957. The molecule has 0 saturated heterocycles. The van der Waals surface area contributed by atoms with Crippen molar-refractivity contribution in [1.29, 1.82) is 0 Å². The molecule has 6 nitrogen and oxygen atoms in total. The van der Waals surface area contributed by atoms with Crippen molar-refractivity contribution < 1.29 is 19.1 Å². The van der Waals surface area contributed by atoms with Gasteiger partial charge in [0.15, 0.2) is 6.61 Å². The molecule has 0 radical (unpaired) electrons. The molecule has 0 heterocycles. The molecular formula is C26H36N2O4. The molecule has 0 bridgehead atoms. The zero-order valence-corrected chi connectivity index (χ0v) is 20.3. The van der Waals surface area contributed by atoms with Crippen LogP contribution in [0.15, 0.2) is 36.4 Å². The molecule has 0 aliphatic rings. The number of carbonyl (C=O) groups excluding carboxylic acids is 2. The lowest BCUT2D eigenvalue weighted by Gasteiger charge is -2.30. The van der Waals surface area contributed by atoms with Crippen molar-refractivity contribution in [3.8, 4) is 11.5 Å². The average Bonchev–Trinajstić information content (AvgIpc) is 2.78. The Morgan fingerprint density at radius 1 is 1.09 bits per heavy atom. The summed E-state index contributed by atoms with van der Waals surface area (Å²) >= 11 is 0. The molecule has 1 N–H and O–H groups in total. The van der Waals surface area contributed by atoms with Crippen molar-refractivity contribution in [2.45, 2.75) is 66.6 Å². The molecule has 0 aliphatic heterocycles. The molecule has 2 aromatic rings. The number of nitrogens with one attached hydrogen (secondary N) is 1. The summed E-state index contributed by atoms with van der Waals surface area (Å²) in [6.45, 7) is 11.8. The second-order valence-electron chi connectivity index (χ2n) is 8.36. The fraction of sp³-hybridized carbons (Fsp3) is 0.462. The first kappa shape index (κ1) is 25.2. The Hall–Kier alpha value is -3.02. The SMILES string of the molecule is CC[C@@H](C)NC(=O)[C@@H](C)N(Cc1cccc(OC)c1)C(=O)COc1cc(C)cc(C)c1C. The van der Waals surface area contributed by atoms with Gasteiger partial charge in [-0.25, -0.2) is 0 Å². The van der Waals surface area contributed by atoms with E-state index in [1.54, 1.807) is 18.9 Å². The topological polar surface area (TPSA) is 67.9 Å². The third kappa shape index (κ3) is 6.74. The highest BCUT2D eigenvalue weighted by Crippen LogP contribution is 2.23. The fourth-order valence-electron chi connectivity index (χ4n) is 3.39. The Labute approximate surface area is 191 Å². The summed E-state index contributed by atoms with van der Waals surface area (Å²) in [5.41, 5.74) is 4.07. The Bertz CT molecular complexity index is 941. The van der Waals surface area contributed by atoms with Gasteiger partial charge >= 0.3 is 0 Å². The number of nitrogens with zero attached hydrogens (tertiary/aromatic N) is 1. The Balaban J connectivity index is 2.23. The van der Waals surface area contributed by atoms with E-state index in [-0.39, 0.29) is 31.0 Å². The number of hydrogen-bond acceptors (Lipinski definition) is 4. The zero-order chi connectivity index (χ0) is 23.8. The third-order valence-electron chi connectivity index (χ3n) is 5.77. The monoisotopic (exact) mass is 440 g/mol. The van der Waals surface area contributed by atoms with Crippen LogP contribution in [0.25, 0.3) is 0 Å². The molecule has 6 heteroatoms. The van der Waals surface area contributed by atoms with Gasteiger partial charge in [-0.1, -0.05) is 25.1 Å². The maximum absolute atomic E-state index is 13.2. The third-order valence-corrected chi connectivity index (χ3v) is 5.77. The van der Waals surface area contributed by atoms with E-state index in [0.717, 1.165) is 28.7 Å². The molecule has 174 valence electrons. The van der Waals surface area contributed by atoms with E-state index in [2.05, 4.69) is 11.4 Å². The van der Waals surface area contributed by atoms with E-state index >= 15 is 0 Å². The van der Waals surface area contributed by atoms with Crippen molar-refractivity contribution >= 4 is 11.8 Å². The molecule has 0 spiro atoms. The molecule has 0 unspecified atom stereocenters. The van der Waals surface area contributed by atoms with Gasteiger partial charge in [0.1, 0.15) is 17.5 Å². The first-order chi connectivity index (χ1) is 15.2. The predicted octanol–water partition coefficient (Wildman–Crippen LogP) is 4.33. The van der Waals surface area contributed by atoms with Crippen molar-refractivity contribution in [2.24, 2.45) is 0 Å². The summed E-state index contributed by atoms with van der Waals surface area (Å²) in [6.07, 6.45) is 0.817. The van der Waals surface area contributed by atoms with Gasteiger partial charge in [-0.2, -0.15) is 0 Å². The van der Waals surface area contributed by atoms with Gasteiger partial charge in [-0.15, -0.1) is 0 Å². The molecular weight excluding hydrogens is 404 g/mol. The molecule has 2 aromatic carbocycles. The molecule has 0 fully saturated rings. The standard InChI is InChI=1S/C26H36N2O4/c1-8-19(4)27-26(30)21(6)28(15-22-10-9-11-23(14-22)31-7)25(29)16-32-24-13-17(2)12-18(3)20(24)5/h9-14,19,21H,8,15-16H2,1-7H3,(H,27,30)/t19-,21-/m1/s1. The van der Waals surface area contributed by atoms with E-state index < -0.39 is 6.04 Å². The molecule has 2 atom stereocenters. The molecule has 0 aromatic heterocycles. The van der Waals surface area contributed by atoms with Gasteiger partial charge in [-0.05, 0) is 81.5 Å². The molecule has 0 aliphatic carbocycles. The summed E-state index contributed by atoms with van der Waals surface area (Å²) < 4.78 is 11.2. The van der Waals surface area contributed by atoms with Crippen LogP contribution in [0.4, 0.5) is 0 Å². The largest absolute Gasteiger partial charge is 0.497 e. The van der Waals surface area contributed by atoms with Gasteiger partial charge < -0.3 is 19.7 Å². The van der Waals surface area contributed by atoms with Crippen LogP contribution in [-0.4, -0.2) is 42.5 Å². The lowest BCUT2D eigenvalue weighted by molar-refractivity contribution is -0.142. The summed E-state index contributed by atoms with van der Waals surface area (Å²) in [4.78, 5) is 27.6. The van der Waals surface area contributed by atoms with Crippen LogP contribution in [0, 0.1) is 20.8 Å². The molecule has 0 saturated carbocycles. The minimum Gasteiger partial charge on any atom is -0.497 e. The quantitative estimate of drug-likeness (QED) is 0.597. The average molecular weight is 441 g/mol. The Morgan fingerprint density at radius 3 is 2.47 bits per heavy atom. The second kappa shape index (κ2) is 11.6. The van der Waals surface area contributed by atoms with Gasteiger partial charge in [0.25, 0.3) is 5.91 Å². The highest BCUT2D eigenvalue weighted by Gasteiger charge is 2.27. The van der Waals surface area contributed by atoms with Crippen LogP contribution in [0.5, 0.6) is 11.5 Å². The van der Waals surface area contributed by atoms with Crippen LogP contribution >= 0.6 is 0 Å². The lowest BCUT2D eigenvalue weighted by Crippen LogP contribution is -2.50. The van der Waals surface area contributed by atoms with E-state index in [1.165, 1.54) is 0 Å². The maximum Gasteiger partial charge on any atom is 0.261 e. The van der Waals surface area contributed by atoms with E-state index in [9.17, 15) is 9.59 Å². The summed E-state index contributed by atoms with van der Waals surface area (Å²) in [5, 5.41) is 2.97. The van der Waals surface area contributed by atoms with Crippen LogP contribution in [0.1, 0.15) is 49.4 Å². The van der Waals surface area contributed by atoms with Gasteiger partial charge in [0.2, 0.25) is 5.91 Å². The zero-order valence-electron chi connectivity index (χ0n) is 20.3. The first-order valence-corrected chi connectivity index (χ1v) is 11.1. The molecule has 2 rings (SSSR count). The number of benzene rings is 2. The van der Waals surface area contributed by atoms with E-state index in [4.69, 9.17) is 9.47 Å². The minimum atomic E-state index is -0.647. The van der Waals surface area contributed by atoms with Crippen molar-refractivity contribution in [2.75, 3.05) is 13.7 Å². The smallest absolute Gasteiger partial charge is 0.261 e. The first-order valence-electron chi connectivity index (χ1n) is 11.1. The number of ether oxygens (including phenoxy) is 2. The van der Waals surface area contributed by atoms with Crippen LogP contribution in [0.3, 0.4) is 0 Å². The number of aryl methyl sites for hydroxylation is 2.